The second-order valence-corrected chi connectivity index (χ2v) is 5.26. The van der Waals surface area contributed by atoms with E-state index < -0.39 is 0 Å². The number of aromatic nitrogens is 2. The molecule has 19 heavy (non-hydrogen) atoms. The van der Waals surface area contributed by atoms with Crippen molar-refractivity contribution in [1.82, 2.24) is 9.97 Å². The summed E-state index contributed by atoms with van der Waals surface area (Å²) in [5, 5.41) is 0.952. The highest BCUT2D eigenvalue weighted by Crippen LogP contribution is 2.26. The number of benzene rings is 1. The van der Waals surface area contributed by atoms with Crippen molar-refractivity contribution in [3.8, 4) is 11.3 Å². The van der Waals surface area contributed by atoms with Crippen LogP contribution in [-0.4, -0.2) is 9.97 Å². The number of anilines is 1. The minimum Gasteiger partial charge on any atom is -0.382 e. The Morgan fingerprint density at radius 3 is 2.79 bits per heavy atom. The van der Waals surface area contributed by atoms with Gasteiger partial charge in [-0.3, -0.25) is 0 Å². The summed E-state index contributed by atoms with van der Waals surface area (Å²) in [6.45, 7) is 0. The predicted molar refractivity (Wildman–Crippen MR) is 82.1 cm³/mol. The van der Waals surface area contributed by atoms with Crippen LogP contribution in [-0.2, 0) is 0 Å². The molecular formula is C14H9FIN3. The Bertz CT molecular complexity index is 774. The molecule has 0 spiro atoms. The maximum atomic E-state index is 13.2. The zero-order valence-electron chi connectivity index (χ0n) is 9.77. The zero-order chi connectivity index (χ0) is 13.4. The molecule has 2 heterocycles. The largest absolute Gasteiger partial charge is 0.382 e. The van der Waals surface area contributed by atoms with Gasteiger partial charge in [-0.25, -0.2) is 14.4 Å². The number of hydrogen-bond donors (Lipinski definition) is 1. The smallest absolute Gasteiger partial charge is 0.150 e. The molecule has 94 valence electrons. The minimum atomic E-state index is -0.284. The highest BCUT2D eigenvalue weighted by atomic mass is 127. The van der Waals surface area contributed by atoms with Gasteiger partial charge in [0.25, 0.3) is 0 Å². The lowest BCUT2D eigenvalue weighted by Gasteiger charge is -2.06. The van der Waals surface area contributed by atoms with Gasteiger partial charge in [-0.15, -0.1) is 0 Å². The lowest BCUT2D eigenvalue weighted by Crippen LogP contribution is -1.96. The lowest BCUT2D eigenvalue weighted by molar-refractivity contribution is 0.628. The Balaban J connectivity index is 2.25. The fraction of sp³-hybridized carbons (Fsp3) is 0. The Labute approximate surface area is 122 Å². The van der Waals surface area contributed by atoms with Crippen molar-refractivity contribution < 1.29 is 4.39 Å². The van der Waals surface area contributed by atoms with Crippen LogP contribution in [0.5, 0.6) is 0 Å². The standard InChI is InChI=1S/C14H9FIN3/c15-9-3-1-2-8(6-9)12-5-4-10-11(16)7-18-14(17)13(10)19-12/h1-7H,(H2,17,18). The molecule has 3 nitrogen and oxygen atoms in total. The van der Waals surface area contributed by atoms with E-state index in [0.29, 0.717) is 17.0 Å². The van der Waals surface area contributed by atoms with E-state index in [1.54, 1.807) is 12.3 Å². The molecule has 2 N–H and O–H groups in total. The minimum absolute atomic E-state index is 0.284. The van der Waals surface area contributed by atoms with Gasteiger partial charge >= 0.3 is 0 Å². The van der Waals surface area contributed by atoms with Crippen LogP contribution in [0.2, 0.25) is 0 Å². The molecule has 0 amide bonds. The predicted octanol–water partition coefficient (Wildman–Crippen LogP) is 3.62. The van der Waals surface area contributed by atoms with Crippen LogP contribution in [0.3, 0.4) is 0 Å². The van der Waals surface area contributed by atoms with Gasteiger partial charge < -0.3 is 5.73 Å². The van der Waals surface area contributed by atoms with Gasteiger partial charge in [-0.2, -0.15) is 0 Å². The monoisotopic (exact) mass is 365 g/mol. The van der Waals surface area contributed by atoms with Crippen LogP contribution in [0.15, 0.2) is 42.6 Å². The number of pyridine rings is 2. The van der Waals surface area contributed by atoms with Crippen LogP contribution in [0, 0.1) is 9.39 Å². The van der Waals surface area contributed by atoms with Crippen molar-refractivity contribution in [1.29, 1.82) is 0 Å². The highest BCUT2D eigenvalue weighted by molar-refractivity contribution is 14.1. The second kappa shape index (κ2) is 4.73. The Hall–Kier alpha value is -1.76. The summed E-state index contributed by atoms with van der Waals surface area (Å²) in [4.78, 5) is 8.58. The number of hydrogen-bond acceptors (Lipinski definition) is 3. The molecule has 0 saturated carbocycles. The van der Waals surface area contributed by atoms with Crippen molar-refractivity contribution in [2.24, 2.45) is 0 Å². The van der Waals surface area contributed by atoms with Crippen LogP contribution < -0.4 is 5.73 Å². The van der Waals surface area contributed by atoms with Crippen molar-refractivity contribution >= 4 is 39.3 Å². The Kier molecular flexibility index (Phi) is 3.06. The first-order valence-electron chi connectivity index (χ1n) is 5.62. The van der Waals surface area contributed by atoms with E-state index in [2.05, 4.69) is 32.6 Å². The first-order valence-corrected chi connectivity index (χ1v) is 6.70. The Morgan fingerprint density at radius 1 is 1.16 bits per heavy atom. The van der Waals surface area contributed by atoms with Crippen LogP contribution in [0.1, 0.15) is 0 Å². The molecular weight excluding hydrogens is 356 g/mol. The van der Waals surface area contributed by atoms with Gasteiger partial charge in [0, 0.05) is 20.7 Å². The highest BCUT2D eigenvalue weighted by Gasteiger charge is 2.08. The second-order valence-electron chi connectivity index (χ2n) is 4.09. The van der Waals surface area contributed by atoms with Gasteiger partial charge in [0.2, 0.25) is 0 Å². The van der Waals surface area contributed by atoms with Gasteiger partial charge in [0.15, 0.2) is 0 Å². The maximum absolute atomic E-state index is 13.2. The van der Waals surface area contributed by atoms with Crippen molar-refractivity contribution in [2.45, 2.75) is 0 Å². The Morgan fingerprint density at radius 2 is 2.00 bits per heavy atom. The number of nitrogens with two attached hydrogens (primary N) is 1. The topological polar surface area (TPSA) is 51.8 Å². The first kappa shape index (κ1) is 12.3. The van der Waals surface area contributed by atoms with Gasteiger partial charge in [-0.05, 0) is 46.9 Å². The molecule has 0 aliphatic rings. The molecule has 3 rings (SSSR count). The normalized spacial score (nSPS) is 10.8. The summed E-state index contributed by atoms with van der Waals surface area (Å²) in [7, 11) is 0. The van der Waals surface area contributed by atoms with E-state index in [-0.39, 0.29) is 5.82 Å². The van der Waals surface area contributed by atoms with E-state index >= 15 is 0 Å². The quantitative estimate of drug-likeness (QED) is 0.671. The van der Waals surface area contributed by atoms with Crippen LogP contribution in [0.4, 0.5) is 10.2 Å². The molecule has 0 radical (unpaired) electrons. The molecule has 0 unspecified atom stereocenters. The van der Waals surface area contributed by atoms with E-state index in [1.807, 2.05) is 18.2 Å². The summed E-state index contributed by atoms with van der Waals surface area (Å²) >= 11 is 2.19. The van der Waals surface area contributed by atoms with E-state index in [1.165, 1.54) is 12.1 Å². The van der Waals surface area contributed by atoms with Crippen LogP contribution >= 0.6 is 22.6 Å². The molecule has 1 aromatic carbocycles. The molecule has 0 atom stereocenters. The van der Waals surface area contributed by atoms with Gasteiger partial charge in [0.1, 0.15) is 17.2 Å². The summed E-state index contributed by atoms with van der Waals surface area (Å²) in [6, 6.07) is 10.1. The first-order chi connectivity index (χ1) is 9.15. The van der Waals surface area contributed by atoms with Crippen molar-refractivity contribution in [3.63, 3.8) is 0 Å². The number of rotatable bonds is 1. The number of fused-ring (bicyclic) bond motifs is 1. The molecule has 0 saturated heterocycles. The summed E-state index contributed by atoms with van der Waals surface area (Å²) in [5.41, 5.74) is 7.90. The molecule has 0 bridgehead atoms. The fourth-order valence-electron chi connectivity index (χ4n) is 1.91. The molecule has 0 aliphatic carbocycles. The number of nitrogens with zero attached hydrogens (tertiary/aromatic N) is 2. The summed E-state index contributed by atoms with van der Waals surface area (Å²) < 4.78 is 14.2. The zero-order valence-corrected chi connectivity index (χ0v) is 11.9. The molecule has 2 aromatic heterocycles. The number of halogens is 2. The SMILES string of the molecule is Nc1ncc(I)c2ccc(-c3cccc(F)c3)nc12. The molecule has 0 fully saturated rings. The van der Waals surface area contributed by atoms with Crippen LogP contribution in [0.25, 0.3) is 22.2 Å². The summed E-state index contributed by atoms with van der Waals surface area (Å²) in [5.74, 6) is 0.0989. The lowest BCUT2D eigenvalue weighted by atomic mass is 10.1. The third-order valence-corrected chi connectivity index (χ3v) is 3.69. The van der Waals surface area contributed by atoms with E-state index in [9.17, 15) is 4.39 Å². The van der Waals surface area contributed by atoms with E-state index in [4.69, 9.17) is 5.73 Å². The average molecular weight is 365 g/mol. The molecule has 3 aromatic rings. The van der Waals surface area contributed by atoms with Gasteiger partial charge in [-0.1, -0.05) is 12.1 Å². The molecule has 5 heteroatoms. The van der Waals surface area contributed by atoms with Crippen molar-refractivity contribution in [2.75, 3.05) is 5.73 Å². The third kappa shape index (κ3) is 2.25. The number of nitrogen functional groups attached to an aromatic ring is 1. The fourth-order valence-corrected chi connectivity index (χ4v) is 2.49. The maximum Gasteiger partial charge on any atom is 0.150 e. The summed E-state index contributed by atoms with van der Waals surface area (Å²) in [6.07, 6.45) is 1.71. The average Bonchev–Trinajstić information content (AvgIpc) is 2.43. The van der Waals surface area contributed by atoms with Crippen molar-refractivity contribution in [3.05, 3.63) is 52.0 Å². The van der Waals surface area contributed by atoms with E-state index in [0.717, 1.165) is 14.5 Å². The third-order valence-electron chi connectivity index (χ3n) is 2.83. The van der Waals surface area contributed by atoms with Gasteiger partial charge in [0.05, 0.1) is 5.69 Å². The molecule has 0 aliphatic heterocycles.